The van der Waals surface area contributed by atoms with E-state index in [1.807, 2.05) is 59.5 Å². The first-order valence-electron chi connectivity index (χ1n) is 6.57. The zero-order chi connectivity index (χ0) is 13.8. The van der Waals surface area contributed by atoms with Gasteiger partial charge in [0, 0.05) is 30.6 Å². The van der Waals surface area contributed by atoms with E-state index < -0.39 is 0 Å². The predicted octanol–water partition coefficient (Wildman–Crippen LogP) is 3.76. The van der Waals surface area contributed by atoms with Gasteiger partial charge < -0.3 is 4.74 Å². The molecule has 20 heavy (non-hydrogen) atoms. The minimum absolute atomic E-state index is 0.596. The molecule has 4 heteroatoms. The first kappa shape index (κ1) is 12.4. The van der Waals surface area contributed by atoms with Gasteiger partial charge in [-0.1, -0.05) is 18.2 Å². The molecule has 0 unspecified atom stereocenters. The van der Waals surface area contributed by atoms with E-state index >= 15 is 0 Å². The van der Waals surface area contributed by atoms with E-state index in [-0.39, 0.29) is 0 Å². The monoisotopic (exact) mass is 265 g/mol. The van der Waals surface area contributed by atoms with E-state index in [0.717, 1.165) is 23.4 Å². The number of hydrogen-bond acceptors (Lipinski definition) is 3. The van der Waals surface area contributed by atoms with Gasteiger partial charge >= 0.3 is 0 Å². The number of aromatic nitrogens is 3. The van der Waals surface area contributed by atoms with Crippen molar-refractivity contribution in [2.75, 3.05) is 0 Å². The van der Waals surface area contributed by atoms with Crippen LogP contribution < -0.4 is 4.74 Å². The Morgan fingerprint density at radius 1 is 1.05 bits per heavy atom. The lowest BCUT2D eigenvalue weighted by Crippen LogP contribution is -1.91. The van der Waals surface area contributed by atoms with Crippen LogP contribution >= 0.6 is 0 Å². The topological polar surface area (TPSA) is 39.9 Å². The summed E-state index contributed by atoms with van der Waals surface area (Å²) in [5, 5.41) is 4.28. The van der Waals surface area contributed by atoms with Crippen molar-refractivity contribution in [1.29, 1.82) is 0 Å². The molecule has 4 nitrogen and oxygen atoms in total. The fraction of sp³-hybridized carbons (Fsp3) is 0.125. The van der Waals surface area contributed by atoms with Gasteiger partial charge in [-0.2, -0.15) is 5.10 Å². The largest absolute Gasteiger partial charge is 0.439 e. The Morgan fingerprint density at radius 3 is 2.55 bits per heavy atom. The minimum atomic E-state index is 0.596. The average molecular weight is 265 g/mol. The highest BCUT2D eigenvalue weighted by Gasteiger charge is 2.02. The summed E-state index contributed by atoms with van der Waals surface area (Å²) in [5.74, 6) is 1.37. The molecule has 0 atom stereocenters. The van der Waals surface area contributed by atoms with Crippen LogP contribution in [0.3, 0.4) is 0 Å². The maximum absolute atomic E-state index is 5.66. The zero-order valence-electron chi connectivity index (χ0n) is 11.2. The van der Waals surface area contributed by atoms with Gasteiger partial charge in [-0.05, 0) is 30.7 Å². The smallest absolute Gasteiger partial charge is 0.219 e. The molecule has 1 aromatic carbocycles. The van der Waals surface area contributed by atoms with Crippen molar-refractivity contribution in [1.82, 2.24) is 14.8 Å². The van der Waals surface area contributed by atoms with Gasteiger partial charge in [0.15, 0.2) is 0 Å². The number of rotatable bonds is 4. The summed E-state index contributed by atoms with van der Waals surface area (Å²) in [4.78, 5) is 4.13. The molecule has 0 fully saturated rings. The van der Waals surface area contributed by atoms with Crippen LogP contribution in [0.1, 0.15) is 6.92 Å². The van der Waals surface area contributed by atoms with E-state index in [1.165, 1.54) is 0 Å². The first-order valence-corrected chi connectivity index (χ1v) is 6.57. The number of aryl methyl sites for hydroxylation is 1. The lowest BCUT2D eigenvalue weighted by Gasteiger charge is -2.04. The number of nitrogens with zero attached hydrogens (tertiary/aromatic N) is 3. The standard InChI is InChI=1S/C16H15N3O/c1-2-19-12-14(11-18-19)13-6-8-15(9-7-13)20-16-5-3-4-10-17-16/h3-12H,2H2,1H3. The molecule has 0 saturated carbocycles. The summed E-state index contributed by atoms with van der Waals surface area (Å²) >= 11 is 0. The van der Waals surface area contributed by atoms with E-state index in [9.17, 15) is 0 Å². The summed E-state index contributed by atoms with van der Waals surface area (Å²) in [6.07, 6.45) is 5.62. The average Bonchev–Trinajstić information content (AvgIpc) is 2.98. The Morgan fingerprint density at radius 2 is 1.90 bits per heavy atom. The van der Waals surface area contributed by atoms with E-state index in [2.05, 4.69) is 17.0 Å². The van der Waals surface area contributed by atoms with Crippen LogP contribution in [0.4, 0.5) is 0 Å². The van der Waals surface area contributed by atoms with Crippen molar-refractivity contribution >= 4 is 0 Å². The normalized spacial score (nSPS) is 10.4. The summed E-state index contributed by atoms with van der Waals surface area (Å²) in [5.41, 5.74) is 2.23. The molecule has 0 aliphatic rings. The Labute approximate surface area is 117 Å². The van der Waals surface area contributed by atoms with Gasteiger partial charge in [0.25, 0.3) is 0 Å². The third-order valence-corrected chi connectivity index (χ3v) is 3.01. The second-order valence-corrected chi connectivity index (χ2v) is 4.38. The molecule has 100 valence electrons. The molecule has 2 heterocycles. The molecule has 3 aromatic rings. The molecule has 0 amide bonds. The number of ether oxygens (including phenoxy) is 1. The summed E-state index contributed by atoms with van der Waals surface area (Å²) in [7, 11) is 0. The Kier molecular flexibility index (Phi) is 3.46. The SMILES string of the molecule is CCn1cc(-c2ccc(Oc3ccccn3)cc2)cn1. The van der Waals surface area contributed by atoms with Crippen LogP contribution in [0.5, 0.6) is 11.6 Å². The van der Waals surface area contributed by atoms with Crippen LogP contribution in [0.15, 0.2) is 61.1 Å². The van der Waals surface area contributed by atoms with Gasteiger partial charge in [-0.25, -0.2) is 4.98 Å². The van der Waals surface area contributed by atoms with Crippen molar-refractivity contribution in [2.45, 2.75) is 13.5 Å². The van der Waals surface area contributed by atoms with E-state index in [0.29, 0.717) is 5.88 Å². The molecule has 0 bridgehead atoms. The van der Waals surface area contributed by atoms with Crippen molar-refractivity contribution in [3.8, 4) is 22.8 Å². The van der Waals surface area contributed by atoms with Crippen LogP contribution in [0, 0.1) is 0 Å². The lowest BCUT2D eigenvalue weighted by atomic mass is 10.1. The highest BCUT2D eigenvalue weighted by molar-refractivity contribution is 5.62. The number of benzene rings is 1. The quantitative estimate of drug-likeness (QED) is 0.721. The van der Waals surface area contributed by atoms with E-state index in [4.69, 9.17) is 4.74 Å². The predicted molar refractivity (Wildman–Crippen MR) is 77.6 cm³/mol. The van der Waals surface area contributed by atoms with Crippen molar-refractivity contribution in [3.05, 3.63) is 61.1 Å². The highest BCUT2D eigenvalue weighted by Crippen LogP contribution is 2.24. The molecule has 0 N–H and O–H groups in total. The first-order chi connectivity index (χ1) is 9.85. The Bertz CT molecular complexity index is 674. The molecule has 0 aliphatic heterocycles. The van der Waals surface area contributed by atoms with Gasteiger partial charge in [0.1, 0.15) is 5.75 Å². The molecule has 2 aromatic heterocycles. The summed E-state index contributed by atoms with van der Waals surface area (Å²) < 4.78 is 7.57. The Balaban J connectivity index is 1.77. The molecule has 0 saturated heterocycles. The maximum atomic E-state index is 5.66. The van der Waals surface area contributed by atoms with Crippen molar-refractivity contribution in [2.24, 2.45) is 0 Å². The van der Waals surface area contributed by atoms with Gasteiger partial charge in [0.2, 0.25) is 5.88 Å². The fourth-order valence-electron chi connectivity index (χ4n) is 1.93. The van der Waals surface area contributed by atoms with Crippen LogP contribution in [-0.4, -0.2) is 14.8 Å². The summed E-state index contributed by atoms with van der Waals surface area (Å²) in [6.45, 7) is 2.95. The molecule has 0 spiro atoms. The molecular weight excluding hydrogens is 250 g/mol. The van der Waals surface area contributed by atoms with E-state index in [1.54, 1.807) is 6.20 Å². The van der Waals surface area contributed by atoms with Crippen LogP contribution in [-0.2, 0) is 6.54 Å². The number of pyridine rings is 1. The highest BCUT2D eigenvalue weighted by atomic mass is 16.5. The number of hydrogen-bond donors (Lipinski definition) is 0. The van der Waals surface area contributed by atoms with Gasteiger partial charge in [-0.3, -0.25) is 4.68 Å². The van der Waals surface area contributed by atoms with Gasteiger partial charge in [0.05, 0.1) is 6.20 Å². The van der Waals surface area contributed by atoms with Crippen LogP contribution in [0.25, 0.3) is 11.1 Å². The molecule has 0 aliphatic carbocycles. The van der Waals surface area contributed by atoms with Gasteiger partial charge in [-0.15, -0.1) is 0 Å². The van der Waals surface area contributed by atoms with Crippen molar-refractivity contribution < 1.29 is 4.74 Å². The molecule has 3 rings (SSSR count). The maximum Gasteiger partial charge on any atom is 0.219 e. The third kappa shape index (κ3) is 2.69. The summed E-state index contributed by atoms with van der Waals surface area (Å²) in [6, 6.07) is 13.5. The second-order valence-electron chi connectivity index (χ2n) is 4.38. The fourth-order valence-corrected chi connectivity index (χ4v) is 1.93. The lowest BCUT2D eigenvalue weighted by molar-refractivity contribution is 0.463. The second kappa shape index (κ2) is 5.57. The Hall–Kier alpha value is -2.62. The molecule has 0 radical (unpaired) electrons. The third-order valence-electron chi connectivity index (χ3n) is 3.01. The van der Waals surface area contributed by atoms with Crippen molar-refractivity contribution in [3.63, 3.8) is 0 Å². The molecular formula is C16H15N3O. The minimum Gasteiger partial charge on any atom is -0.439 e. The zero-order valence-corrected chi connectivity index (χ0v) is 11.2. The van der Waals surface area contributed by atoms with Crippen LogP contribution in [0.2, 0.25) is 0 Å².